The van der Waals surface area contributed by atoms with Gasteiger partial charge in [-0.2, -0.15) is 0 Å². The second kappa shape index (κ2) is 4.34. The summed E-state index contributed by atoms with van der Waals surface area (Å²) >= 11 is 1.44. The quantitative estimate of drug-likeness (QED) is 0.452. The molecule has 0 bridgehead atoms. The molecular weight excluding hydrogens is 201 g/mol. The van der Waals surface area contributed by atoms with E-state index in [4.69, 9.17) is 0 Å². The van der Waals surface area contributed by atoms with Crippen molar-refractivity contribution in [3.05, 3.63) is 29.8 Å². The average Bonchev–Trinajstić information content (AvgIpc) is 1.86. The zero-order chi connectivity index (χ0) is 8.48. The number of alkyl halides is 3. The van der Waals surface area contributed by atoms with Crippen LogP contribution in [0.1, 0.15) is 5.56 Å². The average molecular weight is 205 g/mol. The summed E-state index contributed by atoms with van der Waals surface area (Å²) in [5.74, 6) is 0. The summed E-state index contributed by atoms with van der Waals surface area (Å²) in [7, 11) is 0. The number of rotatable bonds is 0. The van der Waals surface area contributed by atoms with Crippen molar-refractivity contribution in [3.63, 3.8) is 0 Å². The SMILES string of the molecule is FC(F)(F)c1ccc[c]([Mg+])c1.[Cl-]. The van der Waals surface area contributed by atoms with Crippen LogP contribution in [0.15, 0.2) is 24.3 Å². The Kier molecular flexibility index (Phi) is 4.37. The van der Waals surface area contributed by atoms with Gasteiger partial charge < -0.3 is 12.4 Å². The minimum Gasteiger partial charge on any atom is -1.00 e. The van der Waals surface area contributed by atoms with E-state index in [0.29, 0.717) is 3.69 Å². The fraction of sp³-hybridized carbons (Fsp3) is 0.143. The Bertz CT molecular complexity index is 259. The Hall–Kier alpha value is 0.0662. The zero-order valence-electron chi connectivity index (χ0n) is 6.03. The van der Waals surface area contributed by atoms with Crippen LogP contribution < -0.4 is 16.1 Å². The molecule has 0 aromatic heterocycles. The van der Waals surface area contributed by atoms with Gasteiger partial charge in [-0.05, 0) is 0 Å². The van der Waals surface area contributed by atoms with Gasteiger partial charge in [0.1, 0.15) is 0 Å². The molecule has 5 heteroatoms. The molecule has 0 aliphatic rings. The number of benzene rings is 1. The molecule has 0 nitrogen and oxygen atoms in total. The molecule has 0 radical (unpaired) electrons. The van der Waals surface area contributed by atoms with E-state index in [-0.39, 0.29) is 12.4 Å². The minimum absolute atomic E-state index is 0. The molecule has 0 amide bonds. The van der Waals surface area contributed by atoms with Gasteiger partial charge in [0.2, 0.25) is 0 Å². The van der Waals surface area contributed by atoms with E-state index in [9.17, 15) is 13.2 Å². The van der Waals surface area contributed by atoms with Gasteiger partial charge in [-0.15, -0.1) is 0 Å². The van der Waals surface area contributed by atoms with Gasteiger partial charge in [-0.3, -0.25) is 0 Å². The molecule has 0 spiro atoms. The van der Waals surface area contributed by atoms with Crippen LogP contribution in [-0.4, -0.2) is 21.7 Å². The van der Waals surface area contributed by atoms with Crippen LogP contribution in [0.25, 0.3) is 0 Å². The van der Waals surface area contributed by atoms with Gasteiger partial charge in [0.15, 0.2) is 0 Å². The molecule has 1 aromatic rings. The first kappa shape index (κ1) is 12.1. The van der Waals surface area contributed by atoms with Gasteiger partial charge in [-0.25, -0.2) is 0 Å². The van der Waals surface area contributed by atoms with Crippen molar-refractivity contribution in [3.8, 4) is 0 Å². The predicted molar refractivity (Wildman–Crippen MR) is 36.8 cm³/mol. The van der Waals surface area contributed by atoms with E-state index in [1.54, 1.807) is 6.07 Å². The molecule has 0 saturated heterocycles. The molecule has 62 valence electrons. The Morgan fingerprint density at radius 3 is 2.08 bits per heavy atom. The van der Waals surface area contributed by atoms with Crippen LogP contribution in [-0.2, 0) is 6.18 Å². The Balaban J connectivity index is 0.00000121. The topological polar surface area (TPSA) is 0 Å². The van der Waals surface area contributed by atoms with Crippen molar-refractivity contribution in [2.75, 3.05) is 0 Å². The van der Waals surface area contributed by atoms with E-state index >= 15 is 0 Å². The van der Waals surface area contributed by atoms with Gasteiger partial charge >= 0.3 is 74.6 Å². The molecule has 0 aliphatic carbocycles. The molecule has 0 fully saturated rings. The molecule has 0 saturated carbocycles. The summed E-state index contributed by atoms with van der Waals surface area (Å²) in [4.78, 5) is 0. The van der Waals surface area contributed by atoms with E-state index in [1.165, 1.54) is 27.8 Å². The Morgan fingerprint density at radius 1 is 1.17 bits per heavy atom. The van der Waals surface area contributed by atoms with E-state index in [2.05, 4.69) is 0 Å². The fourth-order valence-corrected chi connectivity index (χ4v) is 1.10. The Morgan fingerprint density at radius 2 is 1.75 bits per heavy atom. The maximum Gasteiger partial charge on any atom is -1.00 e. The summed E-state index contributed by atoms with van der Waals surface area (Å²) in [6.07, 6.45) is -4.21. The normalized spacial score (nSPS) is 10.8. The maximum absolute atomic E-state index is 12.0. The predicted octanol–water partition coefficient (Wildman–Crippen LogP) is -1.50. The van der Waals surface area contributed by atoms with Crippen molar-refractivity contribution in [1.29, 1.82) is 0 Å². The maximum atomic E-state index is 12.0. The summed E-state index contributed by atoms with van der Waals surface area (Å²) < 4.78 is 36.6. The molecular formula is C7H4ClF3Mg. The largest absolute Gasteiger partial charge is 1.00 e. The van der Waals surface area contributed by atoms with Gasteiger partial charge in [-0.1, -0.05) is 0 Å². The number of hydrogen-bond donors (Lipinski definition) is 0. The van der Waals surface area contributed by atoms with Gasteiger partial charge in [0, 0.05) is 0 Å². The third kappa shape index (κ3) is 3.21. The van der Waals surface area contributed by atoms with Gasteiger partial charge in [0.25, 0.3) is 0 Å². The summed E-state index contributed by atoms with van der Waals surface area (Å²) in [6, 6.07) is 5.26. The Labute approximate surface area is 87.0 Å². The molecule has 0 unspecified atom stereocenters. The molecule has 12 heavy (non-hydrogen) atoms. The summed E-state index contributed by atoms with van der Waals surface area (Å²) in [5.41, 5.74) is -0.579. The number of halogens is 4. The van der Waals surface area contributed by atoms with Crippen molar-refractivity contribution >= 4 is 25.4 Å². The summed E-state index contributed by atoms with van der Waals surface area (Å²) in [6.45, 7) is 0. The molecule has 0 heterocycles. The monoisotopic (exact) mass is 204 g/mol. The third-order valence-corrected chi connectivity index (χ3v) is 1.69. The third-order valence-electron chi connectivity index (χ3n) is 1.25. The first-order valence-electron chi connectivity index (χ1n) is 2.99. The van der Waals surface area contributed by atoms with Gasteiger partial charge in [0.05, 0.1) is 0 Å². The molecule has 0 N–H and O–H groups in total. The first-order valence-corrected chi connectivity index (χ1v) is 3.70. The molecule has 0 atom stereocenters. The van der Waals surface area contributed by atoms with Crippen molar-refractivity contribution < 1.29 is 25.6 Å². The molecule has 0 aliphatic heterocycles. The fourth-order valence-electron chi connectivity index (χ4n) is 0.748. The van der Waals surface area contributed by atoms with Crippen molar-refractivity contribution in [2.45, 2.75) is 6.18 Å². The van der Waals surface area contributed by atoms with E-state index < -0.39 is 11.7 Å². The molecule has 1 aromatic carbocycles. The van der Waals surface area contributed by atoms with Crippen LogP contribution in [0.3, 0.4) is 0 Å². The van der Waals surface area contributed by atoms with E-state index in [1.807, 2.05) is 0 Å². The van der Waals surface area contributed by atoms with Crippen LogP contribution in [0.5, 0.6) is 0 Å². The zero-order valence-corrected chi connectivity index (χ0v) is 8.20. The van der Waals surface area contributed by atoms with Crippen LogP contribution in [0.4, 0.5) is 13.2 Å². The second-order valence-corrected chi connectivity index (χ2v) is 3.01. The summed E-state index contributed by atoms with van der Waals surface area (Å²) in [5, 5.41) is 0. The minimum atomic E-state index is -4.21. The van der Waals surface area contributed by atoms with Crippen LogP contribution >= 0.6 is 0 Å². The number of hydrogen-bond acceptors (Lipinski definition) is 0. The second-order valence-electron chi connectivity index (χ2n) is 2.20. The standard InChI is InChI=1S/C7H4F3.ClH.Mg/c8-7(9,10)6-4-2-1-3-5-6;;/h1-2,4-5H;1H;/q;;+1/p-1. The van der Waals surface area contributed by atoms with Crippen molar-refractivity contribution in [1.82, 2.24) is 0 Å². The first-order chi connectivity index (χ1) is 5.00. The van der Waals surface area contributed by atoms with E-state index in [0.717, 1.165) is 12.1 Å². The smallest absolute Gasteiger partial charge is 1.00 e. The van der Waals surface area contributed by atoms with Crippen molar-refractivity contribution in [2.24, 2.45) is 0 Å². The van der Waals surface area contributed by atoms with Crippen LogP contribution in [0.2, 0.25) is 0 Å². The van der Waals surface area contributed by atoms with Crippen LogP contribution in [0, 0.1) is 0 Å². The molecule has 1 rings (SSSR count).